The number of hydrogen-bond donors (Lipinski definition) is 1. The van der Waals surface area contributed by atoms with Crippen molar-refractivity contribution in [2.24, 2.45) is 5.41 Å². The SMILES string of the molecule is CC(C)(C#N)CCOc1ccc(C(=O)O)cc1F. The number of carboxylic acid groups (broad SMARTS) is 1. The number of aromatic carboxylic acids is 1. The second-order valence-electron chi connectivity index (χ2n) is 4.54. The van der Waals surface area contributed by atoms with Crippen LogP contribution in [0.25, 0.3) is 0 Å². The molecule has 96 valence electrons. The number of rotatable bonds is 5. The first-order chi connectivity index (χ1) is 8.35. The summed E-state index contributed by atoms with van der Waals surface area (Å²) in [4.78, 5) is 10.6. The average Bonchev–Trinajstić information content (AvgIpc) is 2.31. The van der Waals surface area contributed by atoms with Gasteiger partial charge in [-0.3, -0.25) is 0 Å². The maximum atomic E-state index is 13.5. The lowest BCUT2D eigenvalue weighted by Gasteiger charge is -2.15. The van der Waals surface area contributed by atoms with E-state index in [2.05, 4.69) is 6.07 Å². The fourth-order valence-electron chi connectivity index (χ4n) is 1.22. The summed E-state index contributed by atoms with van der Waals surface area (Å²) in [6.07, 6.45) is 0.462. The summed E-state index contributed by atoms with van der Waals surface area (Å²) in [7, 11) is 0. The summed E-state index contributed by atoms with van der Waals surface area (Å²) in [6.45, 7) is 3.73. The van der Waals surface area contributed by atoms with Crippen LogP contribution >= 0.6 is 0 Å². The monoisotopic (exact) mass is 251 g/mol. The smallest absolute Gasteiger partial charge is 0.335 e. The first kappa shape index (κ1) is 14.0. The van der Waals surface area contributed by atoms with Crippen molar-refractivity contribution >= 4 is 5.97 Å². The molecule has 1 aromatic carbocycles. The number of nitriles is 1. The molecule has 0 saturated carbocycles. The molecule has 0 aliphatic heterocycles. The number of nitrogens with zero attached hydrogens (tertiary/aromatic N) is 1. The molecule has 0 fully saturated rings. The zero-order valence-electron chi connectivity index (χ0n) is 10.2. The second-order valence-corrected chi connectivity index (χ2v) is 4.54. The number of ether oxygens (including phenoxy) is 1. The summed E-state index contributed by atoms with van der Waals surface area (Å²) in [5, 5.41) is 17.5. The van der Waals surface area contributed by atoms with Crippen LogP contribution in [0, 0.1) is 22.6 Å². The van der Waals surface area contributed by atoms with Crippen LogP contribution in [0.3, 0.4) is 0 Å². The van der Waals surface area contributed by atoms with Gasteiger partial charge in [0.05, 0.1) is 23.7 Å². The molecular formula is C13H14FNO3. The molecule has 0 aromatic heterocycles. The fraction of sp³-hybridized carbons (Fsp3) is 0.385. The van der Waals surface area contributed by atoms with Crippen LogP contribution in [-0.4, -0.2) is 17.7 Å². The molecular weight excluding hydrogens is 237 g/mol. The third kappa shape index (κ3) is 3.74. The highest BCUT2D eigenvalue weighted by atomic mass is 19.1. The maximum absolute atomic E-state index is 13.5. The van der Waals surface area contributed by atoms with Crippen LogP contribution < -0.4 is 4.74 Å². The quantitative estimate of drug-likeness (QED) is 0.873. The lowest BCUT2D eigenvalue weighted by molar-refractivity contribution is 0.0696. The molecule has 1 N–H and O–H groups in total. The van der Waals surface area contributed by atoms with Crippen LogP contribution in [-0.2, 0) is 0 Å². The van der Waals surface area contributed by atoms with Crippen LogP contribution in [0.4, 0.5) is 4.39 Å². The van der Waals surface area contributed by atoms with Crippen molar-refractivity contribution in [1.82, 2.24) is 0 Å². The van der Waals surface area contributed by atoms with Crippen molar-refractivity contribution in [2.75, 3.05) is 6.61 Å². The Kier molecular flexibility index (Phi) is 4.27. The molecule has 0 aliphatic carbocycles. The molecule has 1 aromatic rings. The zero-order valence-corrected chi connectivity index (χ0v) is 10.2. The van der Waals surface area contributed by atoms with Gasteiger partial charge in [-0.1, -0.05) is 0 Å². The van der Waals surface area contributed by atoms with Gasteiger partial charge in [0.25, 0.3) is 0 Å². The molecule has 0 atom stereocenters. The van der Waals surface area contributed by atoms with Crippen LogP contribution in [0.15, 0.2) is 18.2 Å². The molecule has 0 heterocycles. The highest BCUT2D eigenvalue weighted by Gasteiger charge is 2.17. The van der Waals surface area contributed by atoms with Crippen molar-refractivity contribution in [3.8, 4) is 11.8 Å². The van der Waals surface area contributed by atoms with Crippen LogP contribution in [0.2, 0.25) is 0 Å². The minimum absolute atomic E-state index is 0.00580. The Morgan fingerprint density at radius 2 is 2.22 bits per heavy atom. The van der Waals surface area contributed by atoms with Gasteiger partial charge < -0.3 is 9.84 Å². The molecule has 4 nitrogen and oxygen atoms in total. The molecule has 0 saturated heterocycles. The lowest BCUT2D eigenvalue weighted by atomic mass is 9.92. The minimum Gasteiger partial charge on any atom is -0.490 e. The molecule has 1 rings (SSSR count). The van der Waals surface area contributed by atoms with Crippen molar-refractivity contribution in [3.05, 3.63) is 29.6 Å². The van der Waals surface area contributed by atoms with E-state index in [0.717, 1.165) is 6.07 Å². The van der Waals surface area contributed by atoms with Crippen molar-refractivity contribution < 1.29 is 19.0 Å². The summed E-state index contributed by atoms with van der Waals surface area (Å²) in [6, 6.07) is 5.57. The first-order valence-electron chi connectivity index (χ1n) is 5.42. The Bertz CT molecular complexity index is 491. The van der Waals surface area contributed by atoms with Crippen molar-refractivity contribution in [1.29, 1.82) is 5.26 Å². The molecule has 18 heavy (non-hydrogen) atoms. The number of benzene rings is 1. The Labute approximate surface area is 105 Å². The van der Waals surface area contributed by atoms with E-state index in [1.807, 2.05) is 0 Å². The van der Waals surface area contributed by atoms with Gasteiger partial charge in [-0.15, -0.1) is 0 Å². The molecule has 5 heteroatoms. The van der Waals surface area contributed by atoms with Crippen LogP contribution in [0.5, 0.6) is 5.75 Å². The Morgan fingerprint density at radius 3 is 2.72 bits per heavy atom. The average molecular weight is 251 g/mol. The van der Waals surface area contributed by atoms with E-state index in [0.29, 0.717) is 6.42 Å². The summed E-state index contributed by atoms with van der Waals surface area (Å²) in [5.74, 6) is -1.91. The summed E-state index contributed by atoms with van der Waals surface area (Å²) in [5.41, 5.74) is -0.658. The van der Waals surface area contributed by atoms with E-state index >= 15 is 0 Å². The number of hydrogen-bond acceptors (Lipinski definition) is 3. The Morgan fingerprint density at radius 1 is 1.56 bits per heavy atom. The van der Waals surface area contributed by atoms with Gasteiger partial charge in [-0.25, -0.2) is 9.18 Å². The van der Waals surface area contributed by atoms with Crippen molar-refractivity contribution in [2.45, 2.75) is 20.3 Å². The van der Waals surface area contributed by atoms with Gasteiger partial charge >= 0.3 is 5.97 Å². The first-order valence-corrected chi connectivity index (χ1v) is 5.42. The third-order valence-corrected chi connectivity index (χ3v) is 2.47. The predicted molar refractivity (Wildman–Crippen MR) is 62.9 cm³/mol. The molecule has 0 aliphatic rings. The van der Waals surface area contributed by atoms with Gasteiger partial charge in [0, 0.05) is 0 Å². The van der Waals surface area contributed by atoms with Gasteiger partial charge in [0.2, 0.25) is 0 Å². The Hall–Kier alpha value is -2.09. The highest BCUT2D eigenvalue weighted by Crippen LogP contribution is 2.22. The predicted octanol–water partition coefficient (Wildman–Crippen LogP) is 2.84. The largest absolute Gasteiger partial charge is 0.490 e. The Balaban J connectivity index is 2.65. The molecule has 0 spiro atoms. The second kappa shape index (κ2) is 5.50. The van der Waals surface area contributed by atoms with E-state index < -0.39 is 17.2 Å². The van der Waals surface area contributed by atoms with Gasteiger partial charge in [0.1, 0.15) is 0 Å². The fourth-order valence-corrected chi connectivity index (χ4v) is 1.22. The van der Waals surface area contributed by atoms with Gasteiger partial charge in [-0.2, -0.15) is 5.26 Å². The lowest BCUT2D eigenvalue weighted by Crippen LogP contribution is -2.13. The van der Waals surface area contributed by atoms with E-state index in [4.69, 9.17) is 15.1 Å². The summed E-state index contributed by atoms with van der Waals surface area (Å²) < 4.78 is 18.6. The summed E-state index contributed by atoms with van der Waals surface area (Å²) >= 11 is 0. The molecule has 0 bridgehead atoms. The van der Waals surface area contributed by atoms with Crippen LogP contribution in [0.1, 0.15) is 30.6 Å². The standard InChI is InChI=1S/C13H14FNO3/c1-13(2,8-15)5-6-18-11-4-3-9(12(16)17)7-10(11)14/h3-4,7H,5-6H2,1-2H3,(H,16,17). The molecule has 0 amide bonds. The minimum atomic E-state index is -1.19. The number of carbonyl (C=O) groups is 1. The topological polar surface area (TPSA) is 70.3 Å². The maximum Gasteiger partial charge on any atom is 0.335 e. The third-order valence-electron chi connectivity index (χ3n) is 2.47. The zero-order chi connectivity index (χ0) is 13.8. The normalized spacial score (nSPS) is 10.8. The number of halogens is 1. The highest BCUT2D eigenvalue weighted by molar-refractivity contribution is 5.87. The van der Waals surface area contributed by atoms with E-state index in [1.54, 1.807) is 13.8 Å². The van der Waals surface area contributed by atoms with E-state index in [-0.39, 0.29) is 17.9 Å². The number of carboxylic acids is 1. The molecule has 0 radical (unpaired) electrons. The van der Waals surface area contributed by atoms with Gasteiger partial charge in [-0.05, 0) is 38.5 Å². The van der Waals surface area contributed by atoms with Gasteiger partial charge in [0.15, 0.2) is 11.6 Å². The van der Waals surface area contributed by atoms with E-state index in [9.17, 15) is 9.18 Å². The van der Waals surface area contributed by atoms with E-state index in [1.165, 1.54) is 12.1 Å². The van der Waals surface area contributed by atoms with Crippen molar-refractivity contribution in [3.63, 3.8) is 0 Å². The molecule has 0 unspecified atom stereocenters.